The van der Waals surface area contributed by atoms with E-state index in [9.17, 15) is 9.59 Å². The first kappa shape index (κ1) is 28.4. The number of benzene rings is 3. The molecule has 2 amide bonds. The summed E-state index contributed by atoms with van der Waals surface area (Å²) in [5, 5.41) is 16.2. The molecule has 0 saturated carbocycles. The van der Waals surface area contributed by atoms with E-state index in [0.29, 0.717) is 28.3 Å². The van der Waals surface area contributed by atoms with Crippen molar-refractivity contribution in [2.45, 2.75) is 38.9 Å². The van der Waals surface area contributed by atoms with E-state index in [-0.39, 0.29) is 12.5 Å². The van der Waals surface area contributed by atoms with Gasteiger partial charge in [0.2, 0.25) is 0 Å². The molecule has 0 aliphatic carbocycles. The number of amides is 2. The van der Waals surface area contributed by atoms with Crippen molar-refractivity contribution in [2.75, 3.05) is 35.7 Å². The molecule has 8 heteroatoms. The summed E-state index contributed by atoms with van der Waals surface area (Å²) in [7, 11) is 0. The van der Waals surface area contributed by atoms with E-state index in [0.717, 1.165) is 48.3 Å². The first-order valence-corrected chi connectivity index (χ1v) is 14.5. The molecule has 39 heavy (non-hydrogen) atoms. The second-order valence-corrected chi connectivity index (χ2v) is 10.9. The normalized spacial score (nSPS) is 13.5. The largest absolute Gasteiger partial charge is 0.396 e. The number of hydrazone groups is 1. The van der Waals surface area contributed by atoms with Gasteiger partial charge in [-0.05, 0) is 85.7 Å². The first-order chi connectivity index (χ1) is 18.9. The number of nitrogens with one attached hydrogen (secondary N) is 2. The monoisotopic (exact) mass is 544 g/mol. The molecule has 204 valence electrons. The van der Waals surface area contributed by atoms with Gasteiger partial charge in [0, 0.05) is 35.8 Å². The maximum absolute atomic E-state index is 13.3. The molecular weight excluding hydrogens is 508 g/mol. The summed E-state index contributed by atoms with van der Waals surface area (Å²) in [4.78, 5) is 28.8. The predicted molar refractivity (Wildman–Crippen MR) is 161 cm³/mol. The van der Waals surface area contributed by atoms with Crippen molar-refractivity contribution in [3.63, 3.8) is 0 Å². The second-order valence-electron chi connectivity index (χ2n) is 9.75. The van der Waals surface area contributed by atoms with Gasteiger partial charge in [0.15, 0.2) is 0 Å². The van der Waals surface area contributed by atoms with Crippen molar-refractivity contribution in [2.24, 2.45) is 5.10 Å². The molecule has 4 rings (SSSR count). The Balaban J connectivity index is 1.54. The van der Waals surface area contributed by atoms with Crippen LogP contribution in [0.2, 0.25) is 0 Å². The lowest BCUT2D eigenvalue weighted by Crippen LogP contribution is -2.30. The average molecular weight is 545 g/mol. The number of rotatable bonds is 10. The molecule has 3 N–H and O–H groups in total. The molecular formula is C31H36N4O3S. The fraction of sp³-hybridized carbons (Fsp3) is 0.323. The van der Waals surface area contributed by atoms with Crippen molar-refractivity contribution in [1.82, 2.24) is 5.43 Å². The molecule has 0 spiro atoms. The minimum absolute atomic E-state index is 0.123. The van der Waals surface area contributed by atoms with E-state index in [1.54, 1.807) is 30.1 Å². The van der Waals surface area contributed by atoms with E-state index >= 15 is 0 Å². The van der Waals surface area contributed by atoms with Gasteiger partial charge in [0.25, 0.3) is 11.8 Å². The lowest BCUT2D eigenvalue weighted by Gasteiger charge is -2.29. The van der Waals surface area contributed by atoms with Crippen LogP contribution in [0.25, 0.3) is 0 Å². The van der Waals surface area contributed by atoms with Gasteiger partial charge in [-0.3, -0.25) is 9.59 Å². The zero-order valence-electron chi connectivity index (χ0n) is 22.6. The average Bonchev–Trinajstić information content (AvgIpc) is 2.96. The summed E-state index contributed by atoms with van der Waals surface area (Å²) in [5.74, 6) is 0.670. The van der Waals surface area contributed by atoms with Crippen molar-refractivity contribution in [1.29, 1.82) is 0 Å². The summed E-state index contributed by atoms with van der Waals surface area (Å²) in [5.41, 5.74) is 9.14. The highest BCUT2D eigenvalue weighted by atomic mass is 32.2. The summed E-state index contributed by atoms with van der Waals surface area (Å²) in [6.45, 7) is 6.10. The fourth-order valence-electron chi connectivity index (χ4n) is 4.50. The molecule has 0 unspecified atom stereocenters. The number of aliphatic hydroxyl groups excluding tert-OH is 1. The number of aryl methyl sites for hydroxylation is 2. The Morgan fingerprint density at radius 2 is 1.79 bits per heavy atom. The Bertz CT molecular complexity index is 1340. The number of aliphatic hydroxyl groups is 1. The SMILES string of the molecule is Cc1ccc(C=NNC(=O)c2cc(N3CCCCC3)ccc2NC(=O)c2cccc(CSCCO)c2)cc1C. The van der Waals surface area contributed by atoms with Crippen LogP contribution in [-0.4, -0.2) is 48.6 Å². The third kappa shape index (κ3) is 7.94. The van der Waals surface area contributed by atoms with Crippen LogP contribution in [0.3, 0.4) is 0 Å². The molecule has 7 nitrogen and oxygen atoms in total. The number of carbonyl (C=O) groups excluding carboxylic acids is 2. The second kappa shape index (κ2) is 14.0. The van der Waals surface area contributed by atoms with Crippen molar-refractivity contribution >= 4 is 41.2 Å². The summed E-state index contributed by atoms with van der Waals surface area (Å²) >= 11 is 1.61. The molecule has 1 heterocycles. The van der Waals surface area contributed by atoms with Crippen molar-refractivity contribution < 1.29 is 14.7 Å². The molecule has 0 radical (unpaired) electrons. The topological polar surface area (TPSA) is 94.0 Å². The third-order valence-corrected chi connectivity index (χ3v) is 7.83. The minimum Gasteiger partial charge on any atom is -0.396 e. The number of piperidine rings is 1. The van der Waals surface area contributed by atoms with Crippen LogP contribution >= 0.6 is 11.8 Å². The molecule has 1 aliphatic rings. The van der Waals surface area contributed by atoms with Gasteiger partial charge < -0.3 is 15.3 Å². The van der Waals surface area contributed by atoms with Crippen LogP contribution in [0.4, 0.5) is 11.4 Å². The zero-order valence-corrected chi connectivity index (χ0v) is 23.4. The van der Waals surface area contributed by atoms with Crippen molar-refractivity contribution in [3.8, 4) is 0 Å². The minimum atomic E-state index is -0.390. The van der Waals surface area contributed by atoms with Gasteiger partial charge in [-0.2, -0.15) is 16.9 Å². The maximum atomic E-state index is 13.3. The first-order valence-electron chi connectivity index (χ1n) is 13.3. The number of hydrogen-bond donors (Lipinski definition) is 3. The number of carbonyl (C=O) groups is 2. The van der Waals surface area contributed by atoms with E-state index < -0.39 is 5.91 Å². The molecule has 0 atom stereocenters. The third-order valence-electron chi connectivity index (χ3n) is 6.82. The summed E-state index contributed by atoms with van der Waals surface area (Å²) in [6, 6.07) is 19.0. The Hall–Kier alpha value is -3.62. The summed E-state index contributed by atoms with van der Waals surface area (Å²) in [6.07, 6.45) is 5.07. The standard InChI is InChI=1S/C31H36N4O3S/c1-22-9-10-24(17-23(22)2)20-32-34-31(38)28-19-27(35-13-4-3-5-14-35)11-12-29(28)33-30(37)26-8-6-7-25(18-26)21-39-16-15-36/h6-12,17-20,36H,3-5,13-16,21H2,1-2H3,(H,33,37)(H,34,38). The van der Waals surface area contributed by atoms with Crippen LogP contribution in [0.5, 0.6) is 0 Å². The molecule has 1 aliphatic heterocycles. The molecule has 1 saturated heterocycles. The van der Waals surface area contributed by atoms with Gasteiger partial charge in [-0.1, -0.05) is 30.3 Å². The van der Waals surface area contributed by atoms with Crippen LogP contribution in [-0.2, 0) is 5.75 Å². The predicted octanol–water partition coefficient (Wildman–Crippen LogP) is 5.54. The quantitative estimate of drug-likeness (QED) is 0.177. The van der Waals surface area contributed by atoms with Crippen LogP contribution in [0.15, 0.2) is 65.8 Å². The number of thioether (sulfide) groups is 1. The molecule has 1 fully saturated rings. The molecule has 0 bridgehead atoms. The Kier molecular flexibility index (Phi) is 10.2. The van der Waals surface area contributed by atoms with E-state index in [1.165, 1.54) is 12.0 Å². The fourth-order valence-corrected chi connectivity index (χ4v) is 5.19. The van der Waals surface area contributed by atoms with Gasteiger partial charge >= 0.3 is 0 Å². The van der Waals surface area contributed by atoms with Gasteiger partial charge in [0.1, 0.15) is 0 Å². The van der Waals surface area contributed by atoms with Gasteiger partial charge in [-0.15, -0.1) is 0 Å². The molecule has 3 aromatic rings. The summed E-state index contributed by atoms with van der Waals surface area (Å²) < 4.78 is 0. The van der Waals surface area contributed by atoms with E-state index in [4.69, 9.17) is 5.11 Å². The van der Waals surface area contributed by atoms with Gasteiger partial charge in [-0.25, -0.2) is 5.43 Å². The zero-order chi connectivity index (χ0) is 27.6. The Labute approximate surface area is 234 Å². The number of anilines is 2. The highest BCUT2D eigenvalue weighted by Crippen LogP contribution is 2.27. The lowest BCUT2D eigenvalue weighted by molar-refractivity contribution is 0.0956. The molecule has 3 aromatic carbocycles. The van der Waals surface area contributed by atoms with Crippen molar-refractivity contribution in [3.05, 3.63) is 94.0 Å². The highest BCUT2D eigenvalue weighted by molar-refractivity contribution is 7.98. The van der Waals surface area contributed by atoms with E-state index in [1.807, 2.05) is 55.5 Å². The van der Waals surface area contributed by atoms with Crippen LogP contribution < -0.4 is 15.6 Å². The van der Waals surface area contributed by atoms with E-state index in [2.05, 4.69) is 27.7 Å². The number of hydrogen-bond acceptors (Lipinski definition) is 6. The Morgan fingerprint density at radius 3 is 2.56 bits per heavy atom. The molecule has 0 aromatic heterocycles. The number of nitrogens with zero attached hydrogens (tertiary/aromatic N) is 2. The smallest absolute Gasteiger partial charge is 0.273 e. The van der Waals surface area contributed by atoms with Gasteiger partial charge in [0.05, 0.1) is 24.1 Å². The van der Waals surface area contributed by atoms with Crippen LogP contribution in [0, 0.1) is 13.8 Å². The maximum Gasteiger partial charge on any atom is 0.273 e. The highest BCUT2D eigenvalue weighted by Gasteiger charge is 2.19. The lowest BCUT2D eigenvalue weighted by atomic mass is 10.1. The van der Waals surface area contributed by atoms with Crippen LogP contribution in [0.1, 0.15) is 62.2 Å². The Morgan fingerprint density at radius 1 is 0.974 bits per heavy atom.